The average Bonchev–Trinajstić information content (AvgIpc) is 2.13. The van der Waals surface area contributed by atoms with E-state index in [1.165, 1.54) is 6.92 Å². The van der Waals surface area contributed by atoms with Gasteiger partial charge in [0.15, 0.2) is 0 Å². The van der Waals surface area contributed by atoms with Crippen molar-refractivity contribution in [2.45, 2.75) is 26.2 Å². The van der Waals surface area contributed by atoms with Gasteiger partial charge in [-0.2, -0.15) is 0 Å². The zero-order valence-corrected chi connectivity index (χ0v) is 7.61. The van der Waals surface area contributed by atoms with Gasteiger partial charge in [-0.3, -0.25) is 14.4 Å². The number of ketones is 1. The van der Waals surface area contributed by atoms with Crippen LogP contribution in [0.3, 0.4) is 0 Å². The average molecular weight is 202 g/mol. The number of carboxylic acids is 1. The van der Waals surface area contributed by atoms with Crippen LogP contribution in [0.15, 0.2) is 0 Å². The molecule has 0 atom stereocenters. The molecule has 0 saturated carbocycles. The van der Waals surface area contributed by atoms with Crippen molar-refractivity contribution < 1.29 is 29.0 Å². The van der Waals surface area contributed by atoms with Crippen molar-refractivity contribution in [1.29, 1.82) is 0 Å². The fourth-order valence-electron chi connectivity index (χ4n) is 0.555. The minimum atomic E-state index is -1.29. The highest BCUT2D eigenvalue weighted by Crippen LogP contribution is 1.95. The number of aliphatic carboxylic acids is 1. The number of hydrogen-bond acceptors (Lipinski definition) is 5. The van der Waals surface area contributed by atoms with Crippen LogP contribution in [-0.4, -0.2) is 28.8 Å². The number of Topliss-reactive ketones (excluding diaryl/α,β-unsaturated/α-hetero) is 1. The summed E-state index contributed by atoms with van der Waals surface area (Å²) in [5.74, 6) is -4.29. The van der Waals surface area contributed by atoms with E-state index in [0.717, 1.165) is 0 Å². The van der Waals surface area contributed by atoms with Crippen LogP contribution in [0.2, 0.25) is 0 Å². The predicted octanol–water partition coefficient (Wildman–Crippen LogP) is -0.0999. The molecule has 14 heavy (non-hydrogen) atoms. The molecule has 0 saturated heterocycles. The maximum absolute atomic E-state index is 10.8. The van der Waals surface area contributed by atoms with Crippen LogP contribution < -0.4 is 0 Å². The minimum absolute atomic E-state index is 0.0159. The second kappa shape index (κ2) is 5.85. The third-order valence-electron chi connectivity index (χ3n) is 1.29. The summed E-state index contributed by atoms with van der Waals surface area (Å²) in [5.41, 5.74) is 0. The largest absolute Gasteiger partial charge is 0.481 e. The van der Waals surface area contributed by atoms with Gasteiger partial charge in [0.05, 0.1) is 6.42 Å². The van der Waals surface area contributed by atoms with Crippen LogP contribution in [0.5, 0.6) is 0 Å². The molecule has 0 aliphatic rings. The Hall–Kier alpha value is -1.72. The number of carbonyl (C=O) groups excluding carboxylic acids is 3. The highest BCUT2D eigenvalue weighted by atomic mass is 16.6. The van der Waals surface area contributed by atoms with Gasteiger partial charge in [-0.25, -0.2) is 4.79 Å². The normalized spacial score (nSPS) is 9.21. The second-order valence-electron chi connectivity index (χ2n) is 2.43. The third kappa shape index (κ3) is 5.02. The van der Waals surface area contributed by atoms with E-state index in [-0.39, 0.29) is 6.42 Å². The van der Waals surface area contributed by atoms with Gasteiger partial charge in [0.25, 0.3) is 0 Å². The lowest BCUT2D eigenvalue weighted by Gasteiger charge is -1.98. The van der Waals surface area contributed by atoms with Crippen LogP contribution in [0.4, 0.5) is 0 Å². The van der Waals surface area contributed by atoms with E-state index in [2.05, 4.69) is 4.74 Å². The van der Waals surface area contributed by atoms with E-state index in [4.69, 9.17) is 5.11 Å². The molecule has 0 rings (SSSR count). The third-order valence-corrected chi connectivity index (χ3v) is 1.29. The zero-order valence-electron chi connectivity index (χ0n) is 7.61. The van der Waals surface area contributed by atoms with Gasteiger partial charge >= 0.3 is 17.9 Å². The van der Waals surface area contributed by atoms with Crippen LogP contribution in [0.25, 0.3) is 0 Å². The molecule has 0 radical (unpaired) electrons. The van der Waals surface area contributed by atoms with Crippen molar-refractivity contribution >= 4 is 23.7 Å². The van der Waals surface area contributed by atoms with Gasteiger partial charge < -0.3 is 9.84 Å². The number of esters is 2. The Morgan fingerprint density at radius 3 is 2.14 bits per heavy atom. The topological polar surface area (TPSA) is 97.7 Å². The molecule has 0 spiro atoms. The van der Waals surface area contributed by atoms with E-state index >= 15 is 0 Å². The fourth-order valence-corrected chi connectivity index (χ4v) is 0.555. The second-order valence-corrected chi connectivity index (χ2v) is 2.43. The quantitative estimate of drug-likeness (QED) is 0.379. The number of hydrogen-bond donors (Lipinski definition) is 1. The van der Waals surface area contributed by atoms with Crippen molar-refractivity contribution in [2.75, 3.05) is 0 Å². The molecule has 0 aliphatic heterocycles. The van der Waals surface area contributed by atoms with Crippen molar-refractivity contribution in [3.05, 3.63) is 0 Å². The molecule has 0 fully saturated rings. The summed E-state index contributed by atoms with van der Waals surface area (Å²) < 4.78 is 4.07. The van der Waals surface area contributed by atoms with Gasteiger partial charge in [-0.15, -0.1) is 0 Å². The van der Waals surface area contributed by atoms with E-state index in [0.29, 0.717) is 0 Å². The molecule has 6 heteroatoms. The number of ether oxygens (including phenoxy) is 1. The Bertz CT molecular complexity index is 267. The van der Waals surface area contributed by atoms with E-state index in [1.54, 1.807) is 0 Å². The Balaban J connectivity index is 3.94. The molecule has 1 N–H and O–H groups in total. The van der Waals surface area contributed by atoms with Crippen LogP contribution >= 0.6 is 0 Å². The first-order valence-corrected chi connectivity index (χ1v) is 3.97. The lowest BCUT2D eigenvalue weighted by molar-refractivity contribution is -0.164. The highest BCUT2D eigenvalue weighted by Gasteiger charge is 2.18. The summed E-state index contributed by atoms with van der Waals surface area (Å²) in [6.45, 7) is 1.47. The summed E-state index contributed by atoms with van der Waals surface area (Å²) in [5, 5.41) is 8.20. The Morgan fingerprint density at radius 1 is 1.14 bits per heavy atom. The monoisotopic (exact) mass is 202 g/mol. The minimum Gasteiger partial charge on any atom is -0.481 e. The standard InChI is InChI=1S/C8H10O6/c1-2-7(12)14-8(13)5(9)3-4-6(10)11/h2-4H2,1H3,(H,10,11). The van der Waals surface area contributed by atoms with E-state index in [9.17, 15) is 19.2 Å². The smallest absolute Gasteiger partial charge is 0.382 e. The summed E-state index contributed by atoms with van der Waals surface area (Å²) in [7, 11) is 0. The molecule has 0 unspecified atom stereocenters. The lowest BCUT2D eigenvalue weighted by Crippen LogP contribution is -2.21. The van der Waals surface area contributed by atoms with Gasteiger partial charge in [0, 0.05) is 12.8 Å². The molecule has 0 bridgehead atoms. The molecule has 78 valence electrons. The molecule has 0 aromatic rings. The van der Waals surface area contributed by atoms with Crippen molar-refractivity contribution in [2.24, 2.45) is 0 Å². The first-order valence-electron chi connectivity index (χ1n) is 3.97. The van der Waals surface area contributed by atoms with Gasteiger partial charge in [0.1, 0.15) is 0 Å². The molecular formula is C8H10O6. The SMILES string of the molecule is CCC(=O)OC(=O)C(=O)CCC(=O)O. The number of rotatable bonds is 5. The lowest BCUT2D eigenvalue weighted by atomic mass is 10.2. The summed E-state index contributed by atoms with van der Waals surface area (Å²) in [6, 6.07) is 0. The Morgan fingerprint density at radius 2 is 1.71 bits per heavy atom. The first-order chi connectivity index (χ1) is 6.47. The van der Waals surface area contributed by atoms with Gasteiger partial charge in [-0.1, -0.05) is 6.92 Å². The number of carboxylic acid groups (broad SMARTS) is 1. The highest BCUT2D eigenvalue weighted by molar-refractivity contribution is 6.35. The molecule has 0 aromatic heterocycles. The van der Waals surface area contributed by atoms with Crippen LogP contribution in [0.1, 0.15) is 26.2 Å². The van der Waals surface area contributed by atoms with Crippen molar-refractivity contribution in [3.63, 3.8) is 0 Å². The van der Waals surface area contributed by atoms with Gasteiger partial charge in [-0.05, 0) is 0 Å². The molecule has 0 heterocycles. The molecule has 0 aromatic carbocycles. The summed E-state index contributed by atoms with van der Waals surface area (Å²) in [4.78, 5) is 42.1. The Labute approximate surface area is 79.8 Å². The molecule has 0 amide bonds. The van der Waals surface area contributed by atoms with Crippen LogP contribution in [-0.2, 0) is 23.9 Å². The maximum atomic E-state index is 10.8. The maximum Gasteiger partial charge on any atom is 0.382 e. The Kier molecular flexibility index (Phi) is 5.13. The van der Waals surface area contributed by atoms with Crippen molar-refractivity contribution in [1.82, 2.24) is 0 Å². The molecule has 0 aliphatic carbocycles. The van der Waals surface area contributed by atoms with Crippen LogP contribution in [0, 0.1) is 0 Å². The fraction of sp³-hybridized carbons (Fsp3) is 0.500. The predicted molar refractivity (Wildman–Crippen MR) is 43.3 cm³/mol. The molecule has 6 nitrogen and oxygen atoms in total. The summed E-state index contributed by atoms with van der Waals surface area (Å²) in [6.07, 6.45) is -0.919. The van der Waals surface area contributed by atoms with Crippen molar-refractivity contribution in [3.8, 4) is 0 Å². The van der Waals surface area contributed by atoms with Gasteiger partial charge in [0.2, 0.25) is 5.78 Å². The van der Waals surface area contributed by atoms with E-state index in [1.807, 2.05) is 0 Å². The van der Waals surface area contributed by atoms with E-state index < -0.39 is 36.5 Å². The zero-order chi connectivity index (χ0) is 11.1. The summed E-state index contributed by atoms with van der Waals surface area (Å²) >= 11 is 0. The number of carbonyl (C=O) groups is 4. The first kappa shape index (κ1) is 12.3. The molecular weight excluding hydrogens is 192 g/mol.